The summed E-state index contributed by atoms with van der Waals surface area (Å²) in [6.07, 6.45) is 0. The normalized spacial score (nSPS) is 12.6. The molecule has 0 aliphatic heterocycles. The van der Waals surface area contributed by atoms with Gasteiger partial charge in [0.2, 0.25) is 0 Å². The van der Waals surface area contributed by atoms with Crippen molar-refractivity contribution in [2.75, 3.05) is 0 Å². The maximum atomic E-state index is 8.27. The molecule has 0 spiro atoms. The van der Waals surface area contributed by atoms with Gasteiger partial charge in [-0.3, -0.25) is 0 Å². The van der Waals surface area contributed by atoms with E-state index in [2.05, 4.69) is 81.3 Å². The fourth-order valence-corrected chi connectivity index (χ4v) is 4.23. The van der Waals surface area contributed by atoms with Crippen molar-refractivity contribution >= 4 is 18.1 Å². The second-order valence-corrected chi connectivity index (χ2v) is 12.1. The molecule has 0 fully saturated rings. The third kappa shape index (κ3) is 5.62. The van der Waals surface area contributed by atoms with Gasteiger partial charge in [0.05, 0.1) is 0 Å². The molecule has 1 N–H and O–H groups in total. The van der Waals surface area contributed by atoms with Gasteiger partial charge < -0.3 is 10.1 Å². The van der Waals surface area contributed by atoms with Gasteiger partial charge in [0.1, 0.15) is 5.75 Å². The molecule has 2 aromatic carbocycles. The lowest BCUT2D eigenvalue weighted by Gasteiger charge is -2.35. The molecule has 3 heteroatoms. The molecule has 0 bridgehead atoms. The van der Waals surface area contributed by atoms with Crippen LogP contribution in [0.4, 0.5) is 0 Å². The molecule has 0 heterocycles. The molecule has 0 radical (unpaired) electrons. The highest BCUT2D eigenvalue weighted by Crippen LogP contribution is 2.34. The van der Waals surface area contributed by atoms with Gasteiger partial charge in [-0.05, 0) is 70.7 Å². The van der Waals surface area contributed by atoms with Crippen LogP contribution in [0.2, 0.25) is 6.82 Å². The Labute approximate surface area is 191 Å². The molecule has 0 aromatic heterocycles. The third-order valence-corrected chi connectivity index (χ3v) is 5.98. The van der Waals surface area contributed by atoms with Crippen LogP contribution in [0.15, 0.2) is 30.3 Å². The zero-order chi connectivity index (χ0) is 23.9. The largest absolute Gasteiger partial charge is 0.555 e. The monoisotopic (exact) mass is 419 g/mol. The maximum absolute atomic E-state index is 8.27. The summed E-state index contributed by atoms with van der Waals surface area (Å²) in [4.78, 5) is 0. The van der Waals surface area contributed by atoms with Crippen LogP contribution in [-0.2, 0) is 16.2 Å². The first-order valence-electron chi connectivity index (χ1n) is 11.5. The fraction of sp³-hybridized carbons (Fsp3) is 0.536. The van der Waals surface area contributed by atoms with Gasteiger partial charge in [-0.15, -0.1) is 0 Å². The summed E-state index contributed by atoms with van der Waals surface area (Å²) >= 11 is 0. The topological polar surface area (TPSA) is 33.1 Å². The smallest absolute Gasteiger partial charge is 0.389 e. The van der Waals surface area contributed by atoms with Crippen LogP contribution in [0, 0.1) is 12.3 Å². The van der Waals surface area contributed by atoms with Crippen LogP contribution in [0.25, 0.3) is 0 Å². The van der Waals surface area contributed by atoms with Crippen LogP contribution >= 0.6 is 0 Å². The van der Waals surface area contributed by atoms with Gasteiger partial charge in [-0.1, -0.05) is 86.6 Å². The van der Waals surface area contributed by atoms with Gasteiger partial charge in [0.15, 0.2) is 0 Å². The zero-order valence-corrected chi connectivity index (χ0v) is 21.9. The van der Waals surface area contributed by atoms with E-state index in [1.165, 1.54) is 22.2 Å². The van der Waals surface area contributed by atoms with Crippen LogP contribution in [0.1, 0.15) is 97.1 Å². The van der Waals surface area contributed by atoms with E-state index in [-0.39, 0.29) is 23.2 Å². The number of nitrogens with one attached hydrogen (secondary N) is 1. The first-order valence-corrected chi connectivity index (χ1v) is 11.5. The van der Waals surface area contributed by atoms with E-state index in [0.29, 0.717) is 5.71 Å². The summed E-state index contributed by atoms with van der Waals surface area (Å²) in [7, 11) is 0. The Balaban J connectivity index is 2.78. The van der Waals surface area contributed by atoms with Crippen LogP contribution < -0.4 is 10.1 Å². The lowest BCUT2D eigenvalue weighted by Crippen LogP contribution is -2.45. The van der Waals surface area contributed by atoms with E-state index in [1.54, 1.807) is 0 Å². The molecule has 168 valence electrons. The molecular weight excluding hydrogens is 377 g/mol. The average Bonchev–Trinajstić information content (AvgIpc) is 2.57. The summed E-state index contributed by atoms with van der Waals surface area (Å²) in [6, 6.07) is 10.8. The standard InChI is InChI=1S/C28H42BNO/c1-18-14-13-15-23(24(18)19(2)30)31-29(12)25-21(27(6,7)8)16-20(26(3,4)5)17-22(25)28(9,10)11/h13-17,30H,1-12H3. The maximum Gasteiger partial charge on any atom is 0.389 e. The first kappa shape index (κ1) is 25.2. The number of benzene rings is 2. The second kappa shape index (κ2) is 8.49. The average molecular weight is 419 g/mol. The summed E-state index contributed by atoms with van der Waals surface area (Å²) in [5.74, 6) is 0.791. The van der Waals surface area contributed by atoms with Crippen LogP contribution in [0.3, 0.4) is 0 Å². The molecule has 0 aliphatic carbocycles. The first-order chi connectivity index (χ1) is 13.9. The summed E-state index contributed by atoms with van der Waals surface area (Å²) in [5.41, 5.74) is 7.90. The van der Waals surface area contributed by atoms with Gasteiger partial charge in [0, 0.05) is 11.3 Å². The van der Waals surface area contributed by atoms with Crippen molar-refractivity contribution in [2.24, 2.45) is 0 Å². The van der Waals surface area contributed by atoms with Gasteiger partial charge in [-0.25, -0.2) is 0 Å². The molecule has 0 saturated heterocycles. The minimum Gasteiger partial charge on any atom is -0.555 e. The summed E-state index contributed by atoms with van der Waals surface area (Å²) < 4.78 is 6.63. The van der Waals surface area contributed by atoms with E-state index >= 15 is 0 Å². The fourth-order valence-electron chi connectivity index (χ4n) is 4.23. The van der Waals surface area contributed by atoms with E-state index in [1.807, 2.05) is 32.0 Å². The van der Waals surface area contributed by atoms with E-state index in [4.69, 9.17) is 10.1 Å². The second-order valence-electron chi connectivity index (χ2n) is 12.1. The quantitative estimate of drug-likeness (QED) is 0.413. The third-order valence-electron chi connectivity index (χ3n) is 5.98. The van der Waals surface area contributed by atoms with Crippen molar-refractivity contribution in [2.45, 2.75) is 99.2 Å². The molecule has 2 aromatic rings. The Morgan fingerprint density at radius 1 is 0.839 bits per heavy atom. The highest BCUT2D eigenvalue weighted by atomic mass is 16.4. The molecule has 0 aliphatic rings. The molecule has 0 saturated carbocycles. The lowest BCUT2D eigenvalue weighted by molar-refractivity contribution is 0.545. The number of hydrogen-bond acceptors (Lipinski definition) is 2. The van der Waals surface area contributed by atoms with Crippen molar-refractivity contribution < 1.29 is 4.65 Å². The van der Waals surface area contributed by atoms with Crippen molar-refractivity contribution in [3.63, 3.8) is 0 Å². The molecule has 0 unspecified atom stereocenters. The summed E-state index contributed by atoms with van der Waals surface area (Å²) in [6.45, 7) is 26.5. The zero-order valence-electron chi connectivity index (χ0n) is 21.9. The Morgan fingerprint density at radius 3 is 1.71 bits per heavy atom. The highest BCUT2D eigenvalue weighted by molar-refractivity contribution is 6.68. The molecule has 2 rings (SSSR count). The Bertz CT molecular complexity index is 933. The molecule has 31 heavy (non-hydrogen) atoms. The molecular formula is C28H42BNO. The van der Waals surface area contributed by atoms with E-state index < -0.39 is 0 Å². The SMILES string of the molecule is CB(Oc1cccc(C)c1C(C)=N)c1c(C(C)(C)C)cc(C(C)(C)C)cc1C(C)(C)C. The van der Waals surface area contributed by atoms with Crippen molar-refractivity contribution in [3.05, 3.63) is 58.1 Å². The number of rotatable bonds is 4. The highest BCUT2D eigenvalue weighted by Gasteiger charge is 2.34. The van der Waals surface area contributed by atoms with Crippen molar-refractivity contribution in [1.82, 2.24) is 0 Å². The number of aryl methyl sites for hydroxylation is 1. The Morgan fingerprint density at radius 2 is 1.32 bits per heavy atom. The van der Waals surface area contributed by atoms with Gasteiger partial charge in [-0.2, -0.15) is 0 Å². The number of hydrogen-bond donors (Lipinski definition) is 1. The molecule has 0 amide bonds. The van der Waals surface area contributed by atoms with Crippen molar-refractivity contribution in [3.8, 4) is 5.75 Å². The van der Waals surface area contributed by atoms with Gasteiger partial charge in [0.25, 0.3) is 0 Å². The van der Waals surface area contributed by atoms with Crippen LogP contribution in [0.5, 0.6) is 5.75 Å². The predicted molar refractivity (Wildman–Crippen MR) is 138 cm³/mol. The Hall–Kier alpha value is -2.03. The minimum atomic E-state index is -0.127. The van der Waals surface area contributed by atoms with E-state index in [9.17, 15) is 0 Å². The predicted octanol–water partition coefficient (Wildman–Crippen LogP) is 7.18. The molecule has 0 atom stereocenters. The summed E-state index contributed by atoms with van der Waals surface area (Å²) in [5, 5.41) is 8.27. The minimum absolute atomic E-state index is 0.0128. The van der Waals surface area contributed by atoms with Gasteiger partial charge >= 0.3 is 6.92 Å². The molecule has 2 nitrogen and oxygen atoms in total. The van der Waals surface area contributed by atoms with Crippen LogP contribution in [-0.4, -0.2) is 12.6 Å². The lowest BCUT2D eigenvalue weighted by atomic mass is 9.54. The Kier molecular flexibility index (Phi) is 6.91. The van der Waals surface area contributed by atoms with E-state index in [0.717, 1.165) is 16.9 Å². The van der Waals surface area contributed by atoms with Crippen molar-refractivity contribution in [1.29, 1.82) is 5.41 Å².